The maximum Gasteiger partial charge on any atom is 0.0573 e. The quantitative estimate of drug-likeness (QED) is 0.893. The van der Waals surface area contributed by atoms with Crippen LogP contribution in [0.5, 0.6) is 0 Å². The third-order valence-electron chi connectivity index (χ3n) is 4.88. The summed E-state index contributed by atoms with van der Waals surface area (Å²) in [5, 5.41) is 3.90. The molecule has 0 aliphatic carbocycles. The first-order valence-electron chi connectivity index (χ1n) is 8.28. The van der Waals surface area contributed by atoms with Crippen molar-refractivity contribution in [2.75, 3.05) is 13.1 Å². The van der Waals surface area contributed by atoms with Crippen molar-refractivity contribution in [2.45, 2.75) is 63.6 Å². The fraction of sp³-hybridized carbons (Fsp3) is 0.706. The maximum absolute atomic E-state index is 4.56. The molecule has 3 heterocycles. The first-order chi connectivity index (χ1) is 9.86. The van der Waals surface area contributed by atoms with E-state index in [-0.39, 0.29) is 0 Å². The van der Waals surface area contributed by atoms with Gasteiger partial charge in [0.2, 0.25) is 0 Å². The van der Waals surface area contributed by atoms with Crippen LogP contribution in [-0.2, 0) is 0 Å². The largest absolute Gasteiger partial charge is 0.306 e. The van der Waals surface area contributed by atoms with Crippen LogP contribution in [0.2, 0.25) is 0 Å². The lowest BCUT2D eigenvalue weighted by atomic mass is 9.95. The summed E-state index contributed by atoms with van der Waals surface area (Å²) in [5.41, 5.74) is 1.21. The van der Waals surface area contributed by atoms with Gasteiger partial charge in [0.25, 0.3) is 0 Å². The Kier molecular flexibility index (Phi) is 4.69. The first-order valence-corrected chi connectivity index (χ1v) is 8.28. The van der Waals surface area contributed by atoms with Gasteiger partial charge in [-0.2, -0.15) is 0 Å². The third-order valence-corrected chi connectivity index (χ3v) is 4.88. The second kappa shape index (κ2) is 6.68. The molecule has 0 saturated carbocycles. The van der Waals surface area contributed by atoms with Crippen LogP contribution < -0.4 is 5.32 Å². The number of nitrogens with zero attached hydrogens (tertiary/aromatic N) is 2. The molecule has 2 aliphatic rings. The number of nitrogens with one attached hydrogen (secondary N) is 1. The van der Waals surface area contributed by atoms with Crippen molar-refractivity contribution in [1.82, 2.24) is 15.2 Å². The molecule has 0 amide bonds. The number of hydrogen-bond acceptors (Lipinski definition) is 3. The number of pyridine rings is 1. The Hall–Kier alpha value is -0.930. The minimum absolute atomic E-state index is 0.430. The van der Waals surface area contributed by atoms with Crippen LogP contribution in [0.4, 0.5) is 0 Å². The number of hydrogen-bond donors (Lipinski definition) is 1. The predicted octanol–water partition coefficient (Wildman–Crippen LogP) is 3.14. The van der Waals surface area contributed by atoms with Gasteiger partial charge in [-0.25, -0.2) is 0 Å². The van der Waals surface area contributed by atoms with Gasteiger partial charge in [-0.05, 0) is 57.3 Å². The molecule has 1 aromatic rings. The monoisotopic (exact) mass is 273 g/mol. The smallest absolute Gasteiger partial charge is 0.0573 e. The van der Waals surface area contributed by atoms with Crippen molar-refractivity contribution in [2.24, 2.45) is 0 Å². The van der Waals surface area contributed by atoms with Gasteiger partial charge in [-0.3, -0.25) is 4.98 Å². The van der Waals surface area contributed by atoms with E-state index in [1.165, 1.54) is 57.3 Å². The summed E-state index contributed by atoms with van der Waals surface area (Å²) < 4.78 is 0. The Morgan fingerprint density at radius 1 is 1.35 bits per heavy atom. The Morgan fingerprint density at radius 2 is 2.30 bits per heavy atom. The van der Waals surface area contributed by atoms with Crippen LogP contribution in [0.15, 0.2) is 24.4 Å². The molecule has 0 radical (unpaired) electrons. The van der Waals surface area contributed by atoms with Gasteiger partial charge in [0.05, 0.1) is 5.69 Å². The summed E-state index contributed by atoms with van der Waals surface area (Å²) >= 11 is 0. The van der Waals surface area contributed by atoms with Gasteiger partial charge in [0.1, 0.15) is 0 Å². The summed E-state index contributed by atoms with van der Waals surface area (Å²) in [6.45, 7) is 4.87. The van der Waals surface area contributed by atoms with E-state index in [0.29, 0.717) is 12.1 Å². The number of aromatic nitrogens is 1. The summed E-state index contributed by atoms with van der Waals surface area (Å²) in [6.07, 6.45) is 9.73. The molecule has 0 bridgehead atoms. The number of rotatable bonds is 5. The van der Waals surface area contributed by atoms with Crippen molar-refractivity contribution in [3.8, 4) is 0 Å². The number of piperidine rings is 1. The lowest BCUT2D eigenvalue weighted by Gasteiger charge is -2.37. The van der Waals surface area contributed by atoms with E-state index in [0.717, 1.165) is 6.04 Å². The van der Waals surface area contributed by atoms with Crippen molar-refractivity contribution < 1.29 is 0 Å². The average molecular weight is 273 g/mol. The van der Waals surface area contributed by atoms with Gasteiger partial charge in [0.15, 0.2) is 0 Å². The molecule has 2 fully saturated rings. The van der Waals surface area contributed by atoms with Gasteiger partial charge in [0, 0.05) is 24.3 Å². The molecule has 1 aromatic heterocycles. The van der Waals surface area contributed by atoms with Crippen molar-refractivity contribution in [3.63, 3.8) is 0 Å². The van der Waals surface area contributed by atoms with Crippen LogP contribution >= 0.6 is 0 Å². The molecule has 20 heavy (non-hydrogen) atoms. The molecule has 110 valence electrons. The number of fused-ring (bicyclic) bond motifs is 1. The molecule has 0 aromatic carbocycles. The molecule has 3 rings (SSSR count). The van der Waals surface area contributed by atoms with E-state index in [1.807, 2.05) is 12.3 Å². The molecule has 2 saturated heterocycles. The van der Waals surface area contributed by atoms with Crippen LogP contribution in [0.25, 0.3) is 0 Å². The zero-order valence-corrected chi connectivity index (χ0v) is 12.6. The normalized spacial score (nSPS) is 28.2. The van der Waals surface area contributed by atoms with Gasteiger partial charge >= 0.3 is 0 Å². The highest BCUT2D eigenvalue weighted by molar-refractivity contribution is 5.09. The highest BCUT2D eigenvalue weighted by Gasteiger charge is 2.32. The first kappa shape index (κ1) is 14.0. The topological polar surface area (TPSA) is 28.2 Å². The Balaban J connectivity index is 1.62. The third kappa shape index (κ3) is 3.21. The molecule has 0 spiro atoms. The van der Waals surface area contributed by atoms with E-state index in [1.54, 1.807) is 0 Å². The van der Waals surface area contributed by atoms with E-state index in [9.17, 15) is 0 Å². The van der Waals surface area contributed by atoms with Crippen LogP contribution in [0.3, 0.4) is 0 Å². The van der Waals surface area contributed by atoms with E-state index >= 15 is 0 Å². The van der Waals surface area contributed by atoms with Crippen molar-refractivity contribution >= 4 is 0 Å². The Bertz CT molecular complexity index is 406. The average Bonchev–Trinajstić information content (AvgIpc) is 2.95. The second-order valence-electron chi connectivity index (χ2n) is 6.32. The van der Waals surface area contributed by atoms with Gasteiger partial charge in [-0.15, -0.1) is 0 Å². The highest BCUT2D eigenvalue weighted by Crippen LogP contribution is 2.28. The minimum Gasteiger partial charge on any atom is -0.306 e. The zero-order chi connectivity index (χ0) is 13.8. The SMILES string of the molecule is CCC[C@H](N[C@H]1CCN2CCC[C@H]2C1)c1ccccn1. The van der Waals surface area contributed by atoms with Crippen LogP contribution in [0, 0.1) is 0 Å². The van der Waals surface area contributed by atoms with E-state index in [2.05, 4.69) is 34.3 Å². The van der Waals surface area contributed by atoms with Crippen molar-refractivity contribution in [3.05, 3.63) is 30.1 Å². The summed E-state index contributed by atoms with van der Waals surface area (Å²) in [7, 11) is 0. The van der Waals surface area contributed by atoms with Crippen LogP contribution in [0.1, 0.15) is 57.2 Å². The molecular formula is C17H27N3. The highest BCUT2D eigenvalue weighted by atomic mass is 15.2. The van der Waals surface area contributed by atoms with Gasteiger partial charge in [-0.1, -0.05) is 19.4 Å². The molecule has 3 nitrogen and oxygen atoms in total. The van der Waals surface area contributed by atoms with Crippen LogP contribution in [-0.4, -0.2) is 35.1 Å². The molecular weight excluding hydrogens is 246 g/mol. The minimum atomic E-state index is 0.430. The molecule has 1 N–H and O–H groups in total. The van der Waals surface area contributed by atoms with Crippen molar-refractivity contribution in [1.29, 1.82) is 0 Å². The zero-order valence-electron chi connectivity index (χ0n) is 12.6. The summed E-state index contributed by atoms with van der Waals surface area (Å²) in [5.74, 6) is 0. The Labute approximate surface area is 122 Å². The molecule has 0 unspecified atom stereocenters. The second-order valence-corrected chi connectivity index (χ2v) is 6.32. The lowest BCUT2D eigenvalue weighted by molar-refractivity contribution is 0.159. The fourth-order valence-corrected chi connectivity index (χ4v) is 3.85. The fourth-order valence-electron chi connectivity index (χ4n) is 3.85. The molecule has 2 aliphatic heterocycles. The standard InChI is InChI=1S/C17H27N3/c1-2-6-17(16-8-3-4-10-18-16)19-14-9-12-20-11-5-7-15(20)13-14/h3-4,8,10,14-15,17,19H,2,5-7,9,11-13H2,1H3/t14-,15-,17-/m0/s1. The predicted molar refractivity (Wildman–Crippen MR) is 82.6 cm³/mol. The molecule has 3 heteroatoms. The van der Waals surface area contributed by atoms with E-state index < -0.39 is 0 Å². The van der Waals surface area contributed by atoms with E-state index in [4.69, 9.17) is 0 Å². The Morgan fingerprint density at radius 3 is 3.10 bits per heavy atom. The maximum atomic E-state index is 4.56. The summed E-state index contributed by atoms with van der Waals surface area (Å²) in [6, 6.07) is 8.22. The van der Waals surface area contributed by atoms with Gasteiger partial charge < -0.3 is 10.2 Å². The molecule has 3 atom stereocenters. The lowest BCUT2D eigenvalue weighted by Crippen LogP contribution is -2.46. The summed E-state index contributed by atoms with van der Waals surface area (Å²) in [4.78, 5) is 7.25.